The molecule has 1 aliphatic carbocycles. The van der Waals surface area contributed by atoms with Crippen LogP contribution in [-0.2, 0) is 0 Å². The molecule has 0 aliphatic heterocycles. The lowest BCUT2D eigenvalue weighted by atomic mass is 9.81. The average molecular weight is 209 g/mol. The molecule has 2 heteroatoms. The Morgan fingerprint density at radius 3 is 2.79 bits per heavy atom. The predicted octanol–water partition coefficient (Wildman–Crippen LogP) is 3.30. The third-order valence-corrected chi connectivity index (χ3v) is 4.20. The van der Waals surface area contributed by atoms with Gasteiger partial charge in [0.25, 0.3) is 0 Å². The molecular weight excluding hydrogens is 190 g/mol. The standard InChI is InChI=1S/C12H19NS/c1-9-7-10(8-14-9)11-5-3-4-6-12(11)13-2/h7-8,11-13H,3-6H2,1-2H3. The van der Waals surface area contributed by atoms with Gasteiger partial charge < -0.3 is 5.32 Å². The molecule has 1 N–H and O–H groups in total. The molecule has 78 valence electrons. The highest BCUT2D eigenvalue weighted by Crippen LogP contribution is 2.34. The van der Waals surface area contributed by atoms with Crippen molar-refractivity contribution in [2.45, 2.75) is 44.6 Å². The van der Waals surface area contributed by atoms with Crippen LogP contribution in [0.5, 0.6) is 0 Å². The molecule has 1 aromatic heterocycles. The lowest BCUT2D eigenvalue weighted by molar-refractivity contribution is 0.344. The number of hydrogen-bond donors (Lipinski definition) is 1. The van der Waals surface area contributed by atoms with E-state index >= 15 is 0 Å². The molecule has 2 atom stereocenters. The van der Waals surface area contributed by atoms with Crippen molar-refractivity contribution in [1.29, 1.82) is 0 Å². The zero-order valence-electron chi connectivity index (χ0n) is 9.05. The van der Waals surface area contributed by atoms with E-state index in [1.165, 1.54) is 30.6 Å². The number of thiophene rings is 1. The van der Waals surface area contributed by atoms with Crippen molar-refractivity contribution in [1.82, 2.24) is 5.32 Å². The molecule has 1 heterocycles. The van der Waals surface area contributed by atoms with Gasteiger partial charge in [0, 0.05) is 16.8 Å². The van der Waals surface area contributed by atoms with Gasteiger partial charge in [0.2, 0.25) is 0 Å². The van der Waals surface area contributed by atoms with Gasteiger partial charge in [-0.05, 0) is 43.8 Å². The van der Waals surface area contributed by atoms with E-state index in [2.05, 4.69) is 30.7 Å². The summed E-state index contributed by atoms with van der Waals surface area (Å²) in [6.45, 7) is 2.20. The quantitative estimate of drug-likeness (QED) is 0.788. The van der Waals surface area contributed by atoms with Crippen molar-refractivity contribution < 1.29 is 0 Å². The lowest BCUT2D eigenvalue weighted by Crippen LogP contribution is -2.34. The lowest BCUT2D eigenvalue weighted by Gasteiger charge is -2.30. The van der Waals surface area contributed by atoms with Crippen LogP contribution in [-0.4, -0.2) is 13.1 Å². The Kier molecular flexibility index (Phi) is 3.24. The minimum Gasteiger partial charge on any atom is -0.316 e. The zero-order valence-corrected chi connectivity index (χ0v) is 9.86. The van der Waals surface area contributed by atoms with E-state index in [0.29, 0.717) is 6.04 Å². The highest BCUT2D eigenvalue weighted by Gasteiger charge is 2.25. The first-order valence-electron chi connectivity index (χ1n) is 5.53. The van der Waals surface area contributed by atoms with Crippen molar-refractivity contribution in [2.75, 3.05) is 7.05 Å². The highest BCUT2D eigenvalue weighted by molar-refractivity contribution is 7.10. The number of rotatable bonds is 2. The maximum atomic E-state index is 3.47. The molecule has 0 spiro atoms. The Labute approximate surface area is 90.5 Å². The van der Waals surface area contributed by atoms with Gasteiger partial charge in [-0.15, -0.1) is 11.3 Å². The van der Waals surface area contributed by atoms with E-state index in [4.69, 9.17) is 0 Å². The Morgan fingerprint density at radius 1 is 1.36 bits per heavy atom. The molecule has 0 amide bonds. The minimum absolute atomic E-state index is 0.706. The third-order valence-electron chi connectivity index (χ3n) is 3.32. The normalized spacial score (nSPS) is 27.9. The average Bonchev–Trinajstić information content (AvgIpc) is 2.65. The van der Waals surface area contributed by atoms with Crippen molar-refractivity contribution in [2.24, 2.45) is 0 Å². The van der Waals surface area contributed by atoms with E-state index in [1.54, 1.807) is 5.56 Å². The Morgan fingerprint density at radius 2 is 2.14 bits per heavy atom. The van der Waals surface area contributed by atoms with Gasteiger partial charge in [0.15, 0.2) is 0 Å². The maximum Gasteiger partial charge on any atom is 0.0133 e. The topological polar surface area (TPSA) is 12.0 Å². The molecule has 0 radical (unpaired) electrons. The molecule has 0 bridgehead atoms. The maximum absolute atomic E-state index is 3.47. The van der Waals surface area contributed by atoms with Crippen molar-refractivity contribution in [3.63, 3.8) is 0 Å². The van der Waals surface area contributed by atoms with Crippen molar-refractivity contribution >= 4 is 11.3 Å². The molecule has 1 fully saturated rings. The van der Waals surface area contributed by atoms with Crippen molar-refractivity contribution in [3.8, 4) is 0 Å². The Hall–Kier alpha value is -0.340. The molecule has 1 nitrogen and oxygen atoms in total. The van der Waals surface area contributed by atoms with Crippen LogP contribution in [0, 0.1) is 6.92 Å². The molecular formula is C12H19NS. The Balaban J connectivity index is 2.14. The largest absolute Gasteiger partial charge is 0.316 e. The van der Waals surface area contributed by atoms with Crippen LogP contribution in [0.4, 0.5) is 0 Å². The summed E-state index contributed by atoms with van der Waals surface area (Å²) < 4.78 is 0. The fourth-order valence-electron chi connectivity index (χ4n) is 2.53. The van der Waals surface area contributed by atoms with Gasteiger partial charge in [0.1, 0.15) is 0 Å². The Bertz CT molecular complexity index is 292. The molecule has 2 rings (SSSR count). The van der Waals surface area contributed by atoms with Crippen LogP contribution in [0.2, 0.25) is 0 Å². The number of hydrogen-bond acceptors (Lipinski definition) is 2. The summed E-state index contributed by atoms with van der Waals surface area (Å²) in [5.41, 5.74) is 1.56. The summed E-state index contributed by atoms with van der Waals surface area (Å²) in [5, 5.41) is 5.81. The number of aryl methyl sites for hydroxylation is 1. The monoisotopic (exact) mass is 209 g/mol. The van der Waals surface area contributed by atoms with Gasteiger partial charge in [-0.1, -0.05) is 12.8 Å². The molecule has 14 heavy (non-hydrogen) atoms. The zero-order chi connectivity index (χ0) is 9.97. The second-order valence-electron chi connectivity index (χ2n) is 4.28. The fraction of sp³-hybridized carbons (Fsp3) is 0.667. The van der Waals surface area contributed by atoms with Crippen LogP contribution in [0.25, 0.3) is 0 Å². The predicted molar refractivity (Wildman–Crippen MR) is 63.1 cm³/mol. The van der Waals surface area contributed by atoms with E-state index in [9.17, 15) is 0 Å². The molecule has 1 saturated carbocycles. The number of likely N-dealkylation sites (N-methyl/N-ethyl adjacent to an activating group) is 1. The number of nitrogens with one attached hydrogen (secondary N) is 1. The SMILES string of the molecule is CNC1CCCCC1c1csc(C)c1. The first-order valence-corrected chi connectivity index (χ1v) is 6.41. The summed E-state index contributed by atoms with van der Waals surface area (Å²) in [5.74, 6) is 0.763. The van der Waals surface area contributed by atoms with E-state index in [0.717, 1.165) is 5.92 Å². The van der Waals surface area contributed by atoms with Crippen LogP contribution >= 0.6 is 11.3 Å². The van der Waals surface area contributed by atoms with Crippen LogP contribution < -0.4 is 5.32 Å². The van der Waals surface area contributed by atoms with Crippen molar-refractivity contribution in [3.05, 3.63) is 21.9 Å². The van der Waals surface area contributed by atoms with Gasteiger partial charge in [-0.25, -0.2) is 0 Å². The summed E-state index contributed by atoms with van der Waals surface area (Å²) in [7, 11) is 2.10. The summed E-state index contributed by atoms with van der Waals surface area (Å²) in [4.78, 5) is 1.44. The van der Waals surface area contributed by atoms with Crippen LogP contribution in [0.1, 0.15) is 42.0 Å². The minimum atomic E-state index is 0.706. The summed E-state index contributed by atoms with van der Waals surface area (Å²) in [6.07, 6.45) is 5.50. The molecule has 0 aromatic carbocycles. The summed E-state index contributed by atoms with van der Waals surface area (Å²) in [6, 6.07) is 3.07. The summed E-state index contributed by atoms with van der Waals surface area (Å²) >= 11 is 1.88. The molecule has 1 aromatic rings. The van der Waals surface area contributed by atoms with E-state index in [-0.39, 0.29) is 0 Å². The van der Waals surface area contributed by atoms with Gasteiger partial charge in [-0.2, -0.15) is 0 Å². The smallest absolute Gasteiger partial charge is 0.0133 e. The van der Waals surface area contributed by atoms with Gasteiger partial charge in [0.05, 0.1) is 0 Å². The third kappa shape index (κ3) is 2.01. The van der Waals surface area contributed by atoms with Crippen LogP contribution in [0.15, 0.2) is 11.4 Å². The van der Waals surface area contributed by atoms with Crippen LogP contribution in [0.3, 0.4) is 0 Å². The van der Waals surface area contributed by atoms with Gasteiger partial charge >= 0.3 is 0 Å². The second kappa shape index (κ2) is 4.45. The molecule has 1 aliphatic rings. The highest BCUT2D eigenvalue weighted by atomic mass is 32.1. The van der Waals surface area contributed by atoms with Gasteiger partial charge in [-0.3, -0.25) is 0 Å². The first kappa shape index (κ1) is 10.2. The fourth-order valence-corrected chi connectivity index (χ4v) is 3.30. The van der Waals surface area contributed by atoms with E-state index < -0.39 is 0 Å². The second-order valence-corrected chi connectivity index (χ2v) is 5.39. The first-order chi connectivity index (χ1) is 6.81. The molecule has 0 saturated heterocycles. The molecule has 2 unspecified atom stereocenters. The van der Waals surface area contributed by atoms with E-state index in [1.807, 2.05) is 11.3 Å².